The van der Waals surface area contributed by atoms with E-state index in [1.807, 2.05) is 6.92 Å². The number of hydrogen-bond donors (Lipinski definition) is 2. The lowest BCUT2D eigenvalue weighted by Crippen LogP contribution is -2.47. The first-order valence-electron chi connectivity index (χ1n) is 6.37. The summed E-state index contributed by atoms with van der Waals surface area (Å²) < 4.78 is 0. The van der Waals surface area contributed by atoms with Gasteiger partial charge in [0.1, 0.15) is 0 Å². The van der Waals surface area contributed by atoms with Gasteiger partial charge in [0.2, 0.25) is 5.91 Å². The summed E-state index contributed by atoms with van der Waals surface area (Å²) in [5, 5.41) is 3.11. The summed E-state index contributed by atoms with van der Waals surface area (Å²) in [6.07, 6.45) is 2.85. The molecule has 0 aliphatic carbocycles. The van der Waals surface area contributed by atoms with E-state index in [1.54, 1.807) is 0 Å². The first-order valence-corrected chi connectivity index (χ1v) is 6.37. The van der Waals surface area contributed by atoms with Crippen LogP contribution in [0.15, 0.2) is 0 Å². The Morgan fingerprint density at radius 1 is 1.62 bits per heavy atom. The van der Waals surface area contributed by atoms with Crippen LogP contribution in [0, 0.1) is 5.92 Å². The molecule has 3 N–H and O–H groups in total. The lowest BCUT2D eigenvalue weighted by atomic mass is 10.0. The van der Waals surface area contributed by atoms with Crippen molar-refractivity contribution in [3.8, 4) is 0 Å². The van der Waals surface area contributed by atoms with Gasteiger partial charge in [-0.25, -0.2) is 0 Å². The van der Waals surface area contributed by atoms with Gasteiger partial charge in [-0.15, -0.1) is 0 Å². The maximum atomic E-state index is 11.7. The van der Waals surface area contributed by atoms with Crippen LogP contribution >= 0.6 is 0 Å². The predicted octanol–water partition coefficient (Wildman–Crippen LogP) is 0.572. The van der Waals surface area contributed by atoms with E-state index in [-0.39, 0.29) is 11.8 Å². The summed E-state index contributed by atoms with van der Waals surface area (Å²) in [4.78, 5) is 14.1. The van der Waals surface area contributed by atoms with Crippen molar-refractivity contribution in [3.63, 3.8) is 0 Å². The third-order valence-electron chi connectivity index (χ3n) is 3.25. The number of rotatable bonds is 5. The fourth-order valence-corrected chi connectivity index (χ4v) is 2.15. The summed E-state index contributed by atoms with van der Waals surface area (Å²) in [5.74, 6) is 0.437. The minimum absolute atomic E-state index is 0.154. The van der Waals surface area contributed by atoms with Crippen molar-refractivity contribution < 1.29 is 4.79 Å². The van der Waals surface area contributed by atoms with Crippen LogP contribution in [0.5, 0.6) is 0 Å². The Morgan fingerprint density at radius 2 is 2.38 bits per heavy atom. The van der Waals surface area contributed by atoms with Gasteiger partial charge in [0, 0.05) is 19.0 Å². The molecular weight excluding hydrogens is 202 g/mol. The number of nitrogens with zero attached hydrogens (tertiary/aromatic N) is 1. The number of likely N-dealkylation sites (tertiary alicyclic amines) is 1. The fourth-order valence-electron chi connectivity index (χ4n) is 2.15. The molecule has 1 rings (SSSR count). The summed E-state index contributed by atoms with van der Waals surface area (Å²) in [7, 11) is 0. The Hall–Kier alpha value is -0.610. The first-order chi connectivity index (χ1) is 7.65. The summed E-state index contributed by atoms with van der Waals surface area (Å²) in [6, 6.07) is 0.339. The molecule has 2 unspecified atom stereocenters. The SMILES string of the molecule is CCN1CCCC(NC(=O)CC(C)CN)C1. The van der Waals surface area contributed by atoms with Gasteiger partial charge in [-0.3, -0.25) is 4.79 Å². The second-order valence-corrected chi connectivity index (χ2v) is 4.84. The topological polar surface area (TPSA) is 58.4 Å². The maximum absolute atomic E-state index is 11.7. The molecular formula is C12H25N3O. The molecule has 0 aromatic heterocycles. The average Bonchev–Trinajstić information content (AvgIpc) is 2.28. The fraction of sp³-hybridized carbons (Fsp3) is 0.917. The number of nitrogens with one attached hydrogen (secondary N) is 1. The number of carbonyl (C=O) groups is 1. The van der Waals surface area contributed by atoms with Crippen LogP contribution in [-0.2, 0) is 4.79 Å². The monoisotopic (exact) mass is 227 g/mol. The Kier molecular flexibility index (Phi) is 5.77. The number of carbonyl (C=O) groups excluding carboxylic acids is 1. The molecule has 1 saturated heterocycles. The molecule has 1 fully saturated rings. The van der Waals surface area contributed by atoms with E-state index >= 15 is 0 Å². The van der Waals surface area contributed by atoms with E-state index in [2.05, 4.69) is 17.1 Å². The molecule has 1 heterocycles. The van der Waals surface area contributed by atoms with Crippen molar-refractivity contribution in [3.05, 3.63) is 0 Å². The van der Waals surface area contributed by atoms with Gasteiger partial charge in [-0.2, -0.15) is 0 Å². The summed E-state index contributed by atoms with van der Waals surface area (Å²) >= 11 is 0. The van der Waals surface area contributed by atoms with Crippen molar-refractivity contribution in [2.24, 2.45) is 11.7 Å². The van der Waals surface area contributed by atoms with E-state index in [1.165, 1.54) is 13.0 Å². The van der Waals surface area contributed by atoms with Gasteiger partial charge >= 0.3 is 0 Å². The van der Waals surface area contributed by atoms with Crippen molar-refractivity contribution in [2.45, 2.75) is 39.2 Å². The Balaban J connectivity index is 2.27. The lowest BCUT2D eigenvalue weighted by Gasteiger charge is -2.32. The molecule has 0 spiro atoms. The van der Waals surface area contributed by atoms with Crippen LogP contribution in [0.1, 0.15) is 33.1 Å². The molecule has 0 saturated carbocycles. The summed E-state index contributed by atoms with van der Waals surface area (Å²) in [6.45, 7) is 8.01. The molecule has 1 amide bonds. The van der Waals surface area contributed by atoms with E-state index < -0.39 is 0 Å². The smallest absolute Gasteiger partial charge is 0.220 e. The normalized spacial score (nSPS) is 24.1. The van der Waals surface area contributed by atoms with E-state index in [9.17, 15) is 4.79 Å². The third-order valence-corrected chi connectivity index (χ3v) is 3.25. The van der Waals surface area contributed by atoms with Crippen molar-refractivity contribution in [1.29, 1.82) is 0 Å². The van der Waals surface area contributed by atoms with Crippen LogP contribution in [-0.4, -0.2) is 43.0 Å². The van der Waals surface area contributed by atoms with Gasteiger partial charge in [0.05, 0.1) is 0 Å². The zero-order chi connectivity index (χ0) is 12.0. The average molecular weight is 227 g/mol. The predicted molar refractivity (Wildman–Crippen MR) is 66.1 cm³/mol. The second kappa shape index (κ2) is 6.86. The van der Waals surface area contributed by atoms with Crippen LogP contribution in [0.4, 0.5) is 0 Å². The lowest BCUT2D eigenvalue weighted by molar-refractivity contribution is -0.122. The zero-order valence-corrected chi connectivity index (χ0v) is 10.5. The van der Waals surface area contributed by atoms with Gasteiger partial charge in [-0.05, 0) is 38.4 Å². The van der Waals surface area contributed by atoms with E-state index in [0.717, 1.165) is 19.5 Å². The molecule has 1 aliphatic heterocycles. The Morgan fingerprint density at radius 3 is 3.00 bits per heavy atom. The van der Waals surface area contributed by atoms with E-state index in [4.69, 9.17) is 5.73 Å². The van der Waals surface area contributed by atoms with Crippen LogP contribution < -0.4 is 11.1 Å². The number of amides is 1. The highest BCUT2D eigenvalue weighted by Gasteiger charge is 2.20. The number of likely N-dealkylation sites (N-methyl/N-ethyl adjacent to an activating group) is 1. The van der Waals surface area contributed by atoms with Crippen molar-refractivity contribution in [2.75, 3.05) is 26.2 Å². The zero-order valence-electron chi connectivity index (χ0n) is 10.5. The molecule has 2 atom stereocenters. The Bertz CT molecular complexity index is 220. The molecule has 4 nitrogen and oxygen atoms in total. The molecule has 1 aliphatic rings. The van der Waals surface area contributed by atoms with Crippen LogP contribution in [0.3, 0.4) is 0 Å². The number of hydrogen-bond acceptors (Lipinski definition) is 3. The number of nitrogens with two attached hydrogens (primary N) is 1. The van der Waals surface area contributed by atoms with Crippen molar-refractivity contribution in [1.82, 2.24) is 10.2 Å². The molecule has 0 aromatic rings. The molecule has 0 bridgehead atoms. The minimum atomic E-state index is 0.154. The highest BCUT2D eigenvalue weighted by Crippen LogP contribution is 2.10. The minimum Gasteiger partial charge on any atom is -0.352 e. The second-order valence-electron chi connectivity index (χ2n) is 4.84. The van der Waals surface area contributed by atoms with Crippen LogP contribution in [0.25, 0.3) is 0 Å². The molecule has 4 heteroatoms. The van der Waals surface area contributed by atoms with Crippen LogP contribution in [0.2, 0.25) is 0 Å². The molecule has 94 valence electrons. The number of piperidine rings is 1. The third kappa shape index (κ3) is 4.49. The van der Waals surface area contributed by atoms with Gasteiger partial charge in [-0.1, -0.05) is 13.8 Å². The van der Waals surface area contributed by atoms with Gasteiger partial charge in [0.15, 0.2) is 0 Å². The molecule has 0 radical (unpaired) electrons. The Labute approximate surface area is 98.6 Å². The van der Waals surface area contributed by atoms with Crippen molar-refractivity contribution >= 4 is 5.91 Å². The molecule has 0 aromatic carbocycles. The largest absolute Gasteiger partial charge is 0.352 e. The highest BCUT2D eigenvalue weighted by molar-refractivity contribution is 5.76. The summed E-state index contributed by atoms with van der Waals surface area (Å²) in [5.41, 5.74) is 5.51. The quantitative estimate of drug-likeness (QED) is 0.722. The highest BCUT2D eigenvalue weighted by atomic mass is 16.1. The standard InChI is InChI=1S/C12H25N3O/c1-3-15-6-4-5-11(9-15)14-12(16)7-10(2)8-13/h10-11H,3-9,13H2,1-2H3,(H,14,16). The molecule has 16 heavy (non-hydrogen) atoms. The first kappa shape index (κ1) is 13.5. The maximum Gasteiger partial charge on any atom is 0.220 e. The van der Waals surface area contributed by atoms with Gasteiger partial charge < -0.3 is 16.0 Å². The van der Waals surface area contributed by atoms with Gasteiger partial charge in [0.25, 0.3) is 0 Å². The van der Waals surface area contributed by atoms with E-state index in [0.29, 0.717) is 19.0 Å².